The minimum absolute atomic E-state index is 0.0246. The van der Waals surface area contributed by atoms with Gasteiger partial charge in [-0.1, -0.05) is 30.3 Å². The van der Waals surface area contributed by atoms with Gasteiger partial charge in [-0.15, -0.1) is 0 Å². The Kier molecular flexibility index (Phi) is 6.04. The molecule has 0 radical (unpaired) electrons. The van der Waals surface area contributed by atoms with Crippen LogP contribution in [-0.2, 0) is 16.1 Å². The summed E-state index contributed by atoms with van der Waals surface area (Å²) in [7, 11) is 0. The quantitative estimate of drug-likeness (QED) is 0.624. The summed E-state index contributed by atoms with van der Waals surface area (Å²) in [4.78, 5) is 25.3. The molecule has 0 saturated carbocycles. The van der Waals surface area contributed by atoms with Gasteiger partial charge in [0.15, 0.2) is 5.82 Å². The van der Waals surface area contributed by atoms with Crippen LogP contribution in [0.25, 0.3) is 5.82 Å². The summed E-state index contributed by atoms with van der Waals surface area (Å²) in [6, 6.07) is 13.8. The first-order valence-corrected chi connectivity index (χ1v) is 10.1. The lowest BCUT2D eigenvalue weighted by molar-refractivity contribution is -0.136. The summed E-state index contributed by atoms with van der Waals surface area (Å²) in [6.45, 7) is 7.25. The third-order valence-electron chi connectivity index (χ3n) is 5.16. The van der Waals surface area contributed by atoms with Gasteiger partial charge in [-0.25, -0.2) is 14.6 Å². The topological polar surface area (TPSA) is 76.4 Å². The van der Waals surface area contributed by atoms with Crippen LogP contribution in [-0.4, -0.2) is 63.3 Å². The van der Waals surface area contributed by atoms with Crippen LogP contribution < -0.4 is 4.90 Å². The number of aromatic nitrogens is 4. The maximum atomic E-state index is 12.5. The molecule has 30 heavy (non-hydrogen) atoms. The zero-order chi connectivity index (χ0) is 20.9. The maximum absolute atomic E-state index is 12.5. The van der Waals surface area contributed by atoms with E-state index in [-0.39, 0.29) is 12.5 Å². The molecule has 8 heteroatoms. The summed E-state index contributed by atoms with van der Waals surface area (Å²) in [6.07, 6.45) is 1.57. The average Bonchev–Trinajstić information content (AvgIpc) is 3.12. The number of hydrogen-bond donors (Lipinski definition) is 0. The van der Waals surface area contributed by atoms with E-state index in [9.17, 15) is 4.79 Å². The molecular formula is C22H26N6O2. The smallest absolute Gasteiger partial charge is 0.248 e. The van der Waals surface area contributed by atoms with Crippen LogP contribution in [0, 0.1) is 13.8 Å². The Balaban J connectivity index is 1.30. The normalized spacial score (nSPS) is 14.2. The Morgan fingerprint density at radius 1 is 1.00 bits per heavy atom. The molecule has 3 heterocycles. The SMILES string of the molecule is Cc1cc(C)n(-c2cc(N3CCN(C(=O)COCc4ccccc4)CC3)ncn2)n1. The van der Waals surface area contributed by atoms with Gasteiger partial charge >= 0.3 is 0 Å². The van der Waals surface area contributed by atoms with Crippen molar-refractivity contribution in [3.8, 4) is 5.82 Å². The predicted molar refractivity (Wildman–Crippen MR) is 114 cm³/mol. The monoisotopic (exact) mass is 406 g/mol. The number of aryl methyl sites for hydroxylation is 2. The highest BCUT2D eigenvalue weighted by Crippen LogP contribution is 2.17. The summed E-state index contributed by atoms with van der Waals surface area (Å²) < 4.78 is 7.41. The fraction of sp³-hybridized carbons (Fsp3) is 0.364. The molecule has 0 atom stereocenters. The fourth-order valence-corrected chi connectivity index (χ4v) is 3.59. The van der Waals surface area contributed by atoms with E-state index >= 15 is 0 Å². The Hall–Kier alpha value is -3.26. The number of nitrogens with zero attached hydrogens (tertiary/aromatic N) is 6. The van der Waals surface area contributed by atoms with Crippen LogP contribution in [0.5, 0.6) is 0 Å². The lowest BCUT2D eigenvalue weighted by atomic mass is 10.2. The molecule has 4 rings (SSSR count). The largest absolute Gasteiger partial charge is 0.367 e. The van der Waals surface area contributed by atoms with Crippen molar-refractivity contribution in [2.24, 2.45) is 0 Å². The van der Waals surface area contributed by atoms with Gasteiger partial charge in [0.05, 0.1) is 12.3 Å². The first-order chi connectivity index (χ1) is 14.6. The number of piperazine rings is 1. The van der Waals surface area contributed by atoms with E-state index in [1.807, 2.05) is 65.9 Å². The van der Waals surface area contributed by atoms with Crippen LogP contribution in [0.1, 0.15) is 17.0 Å². The van der Waals surface area contributed by atoms with Gasteiger partial charge in [-0.2, -0.15) is 5.10 Å². The first-order valence-electron chi connectivity index (χ1n) is 10.1. The van der Waals surface area contributed by atoms with Gasteiger partial charge in [0.1, 0.15) is 18.8 Å². The summed E-state index contributed by atoms with van der Waals surface area (Å²) >= 11 is 0. The molecule has 0 spiro atoms. The minimum atomic E-state index is 0.0246. The fourth-order valence-electron chi connectivity index (χ4n) is 3.59. The number of anilines is 1. The van der Waals surface area contributed by atoms with E-state index in [4.69, 9.17) is 4.74 Å². The Morgan fingerprint density at radius 3 is 2.43 bits per heavy atom. The van der Waals surface area contributed by atoms with Crippen molar-refractivity contribution in [2.75, 3.05) is 37.7 Å². The molecule has 0 aliphatic carbocycles. The molecule has 0 N–H and O–H groups in total. The van der Waals surface area contributed by atoms with Crippen molar-refractivity contribution in [2.45, 2.75) is 20.5 Å². The van der Waals surface area contributed by atoms with E-state index in [0.717, 1.165) is 41.7 Å². The second-order valence-corrected chi connectivity index (χ2v) is 7.42. The molecule has 2 aromatic heterocycles. The van der Waals surface area contributed by atoms with E-state index in [1.165, 1.54) is 0 Å². The molecule has 1 saturated heterocycles. The molecular weight excluding hydrogens is 380 g/mol. The van der Waals surface area contributed by atoms with Crippen molar-refractivity contribution in [3.63, 3.8) is 0 Å². The molecule has 156 valence electrons. The average molecular weight is 406 g/mol. The van der Waals surface area contributed by atoms with Crippen molar-refractivity contribution in [1.29, 1.82) is 0 Å². The number of carbonyl (C=O) groups excluding carboxylic acids is 1. The summed E-state index contributed by atoms with van der Waals surface area (Å²) in [5.74, 6) is 1.62. The lowest BCUT2D eigenvalue weighted by Crippen LogP contribution is -2.50. The van der Waals surface area contributed by atoms with Crippen LogP contribution >= 0.6 is 0 Å². The summed E-state index contributed by atoms with van der Waals surface area (Å²) in [5, 5.41) is 4.49. The molecule has 3 aromatic rings. The third kappa shape index (κ3) is 4.65. The Labute approximate surface area is 176 Å². The highest BCUT2D eigenvalue weighted by molar-refractivity contribution is 5.77. The highest BCUT2D eigenvalue weighted by atomic mass is 16.5. The second-order valence-electron chi connectivity index (χ2n) is 7.42. The van der Waals surface area contributed by atoms with Crippen molar-refractivity contribution < 1.29 is 9.53 Å². The molecule has 1 aliphatic heterocycles. The van der Waals surface area contributed by atoms with Crippen molar-refractivity contribution >= 4 is 11.7 Å². The van der Waals surface area contributed by atoms with Crippen molar-refractivity contribution in [1.82, 2.24) is 24.6 Å². The molecule has 1 amide bonds. The number of ether oxygens (including phenoxy) is 1. The van der Waals surface area contributed by atoms with Gasteiger partial charge in [-0.3, -0.25) is 4.79 Å². The van der Waals surface area contributed by atoms with Gasteiger partial charge < -0.3 is 14.5 Å². The molecule has 0 bridgehead atoms. The maximum Gasteiger partial charge on any atom is 0.248 e. The van der Waals surface area contributed by atoms with Gasteiger partial charge in [-0.05, 0) is 25.5 Å². The van der Waals surface area contributed by atoms with Gasteiger partial charge in [0.25, 0.3) is 0 Å². The van der Waals surface area contributed by atoms with Gasteiger partial charge in [0, 0.05) is 37.9 Å². The van der Waals surface area contributed by atoms with E-state index in [0.29, 0.717) is 19.7 Å². The zero-order valence-electron chi connectivity index (χ0n) is 17.4. The first kappa shape index (κ1) is 20.0. The number of amides is 1. The summed E-state index contributed by atoms with van der Waals surface area (Å²) in [5.41, 5.74) is 3.05. The minimum Gasteiger partial charge on any atom is -0.367 e. The highest BCUT2D eigenvalue weighted by Gasteiger charge is 2.22. The van der Waals surface area contributed by atoms with Crippen molar-refractivity contribution in [3.05, 3.63) is 65.7 Å². The Morgan fingerprint density at radius 2 is 1.73 bits per heavy atom. The number of benzene rings is 1. The van der Waals surface area contributed by atoms with E-state index in [2.05, 4.69) is 20.0 Å². The lowest BCUT2D eigenvalue weighted by Gasteiger charge is -2.35. The molecule has 8 nitrogen and oxygen atoms in total. The number of hydrogen-bond acceptors (Lipinski definition) is 6. The third-order valence-corrected chi connectivity index (χ3v) is 5.16. The van der Waals surface area contributed by atoms with Crippen LogP contribution in [0.2, 0.25) is 0 Å². The van der Waals surface area contributed by atoms with Crippen LogP contribution in [0.4, 0.5) is 5.82 Å². The predicted octanol–water partition coefficient (Wildman–Crippen LogP) is 2.14. The Bertz CT molecular complexity index is 996. The molecule has 1 aromatic carbocycles. The van der Waals surface area contributed by atoms with E-state index in [1.54, 1.807) is 6.33 Å². The standard InChI is InChI=1S/C22H26N6O2/c1-17-12-18(2)28(25-17)21-13-20(23-16-24-21)26-8-10-27(11-9-26)22(29)15-30-14-19-6-4-3-5-7-19/h3-7,12-13,16H,8-11,14-15H2,1-2H3. The van der Waals surface area contributed by atoms with E-state index < -0.39 is 0 Å². The van der Waals surface area contributed by atoms with Gasteiger partial charge in [0.2, 0.25) is 5.91 Å². The number of rotatable bonds is 6. The zero-order valence-corrected chi connectivity index (χ0v) is 17.4. The molecule has 0 unspecified atom stereocenters. The van der Waals surface area contributed by atoms with Crippen LogP contribution in [0.3, 0.4) is 0 Å². The molecule has 1 fully saturated rings. The molecule has 1 aliphatic rings. The number of carbonyl (C=O) groups is 1. The van der Waals surface area contributed by atoms with Crippen LogP contribution in [0.15, 0.2) is 48.8 Å². The second kappa shape index (κ2) is 9.04.